The van der Waals surface area contributed by atoms with E-state index in [1.807, 2.05) is 19.1 Å². The van der Waals surface area contributed by atoms with Crippen LogP contribution in [0.4, 0.5) is 0 Å². The molecular formula is C17H25NO2. The molecule has 1 aromatic heterocycles. The fraction of sp³-hybridized carbons (Fsp3) is 0.529. The molecule has 0 bridgehead atoms. The Morgan fingerprint density at radius 1 is 1.25 bits per heavy atom. The predicted molar refractivity (Wildman–Crippen MR) is 83.4 cm³/mol. The van der Waals surface area contributed by atoms with Crippen molar-refractivity contribution in [2.24, 2.45) is 0 Å². The summed E-state index contributed by atoms with van der Waals surface area (Å²) < 4.78 is 11.6. The summed E-state index contributed by atoms with van der Waals surface area (Å²) in [6.07, 6.45) is 2.15. The lowest BCUT2D eigenvalue weighted by Crippen LogP contribution is -2.22. The van der Waals surface area contributed by atoms with Gasteiger partial charge in [-0.2, -0.15) is 0 Å². The molecule has 0 spiro atoms. The minimum atomic E-state index is 0.455. The first kappa shape index (κ1) is 14.9. The molecule has 3 heteroatoms. The molecule has 0 amide bonds. The van der Waals surface area contributed by atoms with Gasteiger partial charge in [0.05, 0.1) is 13.2 Å². The smallest absolute Gasteiger partial charge is 0.134 e. The van der Waals surface area contributed by atoms with Crippen LogP contribution in [0, 0.1) is 0 Å². The monoisotopic (exact) mass is 275 g/mol. The fourth-order valence-corrected chi connectivity index (χ4v) is 2.40. The van der Waals surface area contributed by atoms with Crippen molar-refractivity contribution in [2.45, 2.75) is 53.1 Å². The average Bonchev–Trinajstić information content (AvgIpc) is 2.75. The maximum absolute atomic E-state index is 6.02. The molecule has 3 nitrogen and oxygen atoms in total. The summed E-state index contributed by atoms with van der Waals surface area (Å²) in [5.41, 5.74) is 2.27. The van der Waals surface area contributed by atoms with Crippen LogP contribution < -0.4 is 10.1 Å². The number of aryl methyl sites for hydroxylation is 1. The molecule has 0 aliphatic rings. The SMILES string of the molecule is CCCc1c(CNC(C)C)oc2ccc(OCC)cc12. The van der Waals surface area contributed by atoms with Crippen LogP contribution in [0.15, 0.2) is 22.6 Å². The van der Waals surface area contributed by atoms with Gasteiger partial charge in [0.1, 0.15) is 17.1 Å². The lowest BCUT2D eigenvalue weighted by atomic mass is 10.1. The van der Waals surface area contributed by atoms with Gasteiger partial charge >= 0.3 is 0 Å². The molecule has 0 radical (unpaired) electrons. The third-order valence-corrected chi connectivity index (χ3v) is 3.33. The van der Waals surface area contributed by atoms with E-state index in [2.05, 4.69) is 32.2 Å². The van der Waals surface area contributed by atoms with Crippen LogP contribution in [0.25, 0.3) is 11.0 Å². The Morgan fingerprint density at radius 2 is 2.05 bits per heavy atom. The summed E-state index contributed by atoms with van der Waals surface area (Å²) in [4.78, 5) is 0. The molecule has 110 valence electrons. The average molecular weight is 275 g/mol. The molecule has 0 aliphatic carbocycles. The summed E-state index contributed by atoms with van der Waals surface area (Å²) in [5, 5.41) is 4.63. The van der Waals surface area contributed by atoms with Crippen LogP contribution in [0.5, 0.6) is 5.75 Å². The molecule has 1 N–H and O–H groups in total. The molecule has 0 saturated heterocycles. The van der Waals surface area contributed by atoms with Gasteiger partial charge in [-0.25, -0.2) is 0 Å². The van der Waals surface area contributed by atoms with Crippen LogP contribution in [-0.2, 0) is 13.0 Å². The molecule has 2 rings (SSSR count). The number of ether oxygens (including phenoxy) is 1. The molecule has 0 fully saturated rings. The van der Waals surface area contributed by atoms with Crippen LogP contribution in [0.2, 0.25) is 0 Å². The summed E-state index contributed by atoms with van der Waals surface area (Å²) in [7, 11) is 0. The van der Waals surface area contributed by atoms with Gasteiger partial charge in [-0.05, 0) is 31.5 Å². The van der Waals surface area contributed by atoms with Crippen LogP contribution in [0.3, 0.4) is 0 Å². The summed E-state index contributed by atoms with van der Waals surface area (Å²) >= 11 is 0. The van der Waals surface area contributed by atoms with E-state index in [1.54, 1.807) is 0 Å². The van der Waals surface area contributed by atoms with Gasteiger partial charge in [-0.15, -0.1) is 0 Å². The second-order valence-electron chi connectivity index (χ2n) is 5.38. The standard InChI is InChI=1S/C17H25NO2/c1-5-7-14-15-10-13(19-6-2)8-9-16(15)20-17(14)11-18-12(3)4/h8-10,12,18H,5-7,11H2,1-4H3. The molecule has 1 aromatic carbocycles. The van der Waals surface area contributed by atoms with Gasteiger partial charge in [-0.1, -0.05) is 27.2 Å². The summed E-state index contributed by atoms with van der Waals surface area (Å²) in [6.45, 7) is 9.97. The van der Waals surface area contributed by atoms with E-state index in [1.165, 1.54) is 10.9 Å². The van der Waals surface area contributed by atoms with Gasteiger partial charge in [-0.3, -0.25) is 0 Å². The quantitative estimate of drug-likeness (QED) is 0.819. The number of furan rings is 1. The van der Waals surface area contributed by atoms with E-state index in [0.29, 0.717) is 12.6 Å². The van der Waals surface area contributed by atoms with E-state index >= 15 is 0 Å². The second-order valence-corrected chi connectivity index (χ2v) is 5.38. The van der Waals surface area contributed by atoms with Crippen LogP contribution in [0.1, 0.15) is 45.4 Å². The van der Waals surface area contributed by atoms with Crippen molar-refractivity contribution in [1.82, 2.24) is 5.32 Å². The summed E-state index contributed by atoms with van der Waals surface area (Å²) in [5.74, 6) is 1.98. The number of hydrogen-bond acceptors (Lipinski definition) is 3. The van der Waals surface area contributed by atoms with Crippen molar-refractivity contribution >= 4 is 11.0 Å². The molecule has 2 aromatic rings. The van der Waals surface area contributed by atoms with Crippen molar-refractivity contribution in [2.75, 3.05) is 6.61 Å². The number of rotatable bonds is 7. The third-order valence-electron chi connectivity index (χ3n) is 3.33. The third kappa shape index (κ3) is 3.34. The lowest BCUT2D eigenvalue weighted by molar-refractivity contribution is 0.340. The predicted octanol–water partition coefficient (Wildman–Crippen LogP) is 4.28. The van der Waals surface area contributed by atoms with Crippen molar-refractivity contribution in [3.63, 3.8) is 0 Å². The first-order valence-electron chi connectivity index (χ1n) is 7.56. The van der Waals surface area contributed by atoms with Crippen molar-refractivity contribution in [3.05, 3.63) is 29.5 Å². The maximum atomic E-state index is 6.02. The van der Waals surface area contributed by atoms with Crippen molar-refractivity contribution in [1.29, 1.82) is 0 Å². The van der Waals surface area contributed by atoms with Crippen molar-refractivity contribution in [3.8, 4) is 5.75 Å². The molecule has 0 atom stereocenters. The van der Waals surface area contributed by atoms with E-state index in [0.717, 1.165) is 36.5 Å². The lowest BCUT2D eigenvalue weighted by Gasteiger charge is -2.07. The van der Waals surface area contributed by atoms with Gasteiger partial charge < -0.3 is 14.5 Å². The molecule has 1 heterocycles. The van der Waals surface area contributed by atoms with Gasteiger partial charge in [0, 0.05) is 17.0 Å². The normalized spacial score (nSPS) is 11.4. The second kappa shape index (κ2) is 6.80. The van der Waals surface area contributed by atoms with Crippen LogP contribution in [-0.4, -0.2) is 12.6 Å². The highest BCUT2D eigenvalue weighted by atomic mass is 16.5. The maximum Gasteiger partial charge on any atom is 0.134 e. The largest absolute Gasteiger partial charge is 0.494 e. The Morgan fingerprint density at radius 3 is 2.70 bits per heavy atom. The zero-order chi connectivity index (χ0) is 14.5. The first-order chi connectivity index (χ1) is 9.65. The van der Waals surface area contributed by atoms with E-state index in [9.17, 15) is 0 Å². The highest BCUT2D eigenvalue weighted by Crippen LogP contribution is 2.30. The fourth-order valence-electron chi connectivity index (χ4n) is 2.40. The minimum absolute atomic E-state index is 0.455. The number of nitrogens with one attached hydrogen (secondary N) is 1. The number of hydrogen-bond donors (Lipinski definition) is 1. The number of benzene rings is 1. The summed E-state index contributed by atoms with van der Waals surface area (Å²) in [6, 6.07) is 6.55. The van der Waals surface area contributed by atoms with E-state index in [4.69, 9.17) is 9.15 Å². The molecule has 0 aliphatic heterocycles. The Hall–Kier alpha value is -1.48. The first-order valence-corrected chi connectivity index (χ1v) is 7.56. The molecule has 20 heavy (non-hydrogen) atoms. The van der Waals surface area contributed by atoms with E-state index < -0.39 is 0 Å². The zero-order valence-electron chi connectivity index (χ0n) is 13.0. The van der Waals surface area contributed by atoms with Gasteiger partial charge in [0.2, 0.25) is 0 Å². The molecular weight excluding hydrogens is 250 g/mol. The minimum Gasteiger partial charge on any atom is -0.494 e. The molecule has 0 saturated carbocycles. The Kier molecular flexibility index (Phi) is 5.07. The topological polar surface area (TPSA) is 34.4 Å². The zero-order valence-corrected chi connectivity index (χ0v) is 13.0. The Balaban J connectivity index is 2.38. The van der Waals surface area contributed by atoms with Crippen molar-refractivity contribution < 1.29 is 9.15 Å². The van der Waals surface area contributed by atoms with Crippen LogP contribution >= 0.6 is 0 Å². The highest BCUT2D eigenvalue weighted by molar-refractivity contribution is 5.83. The number of fused-ring (bicyclic) bond motifs is 1. The Bertz CT molecular complexity index is 557. The Labute approximate surface area is 121 Å². The molecule has 0 unspecified atom stereocenters. The van der Waals surface area contributed by atoms with Gasteiger partial charge in [0.15, 0.2) is 0 Å². The van der Waals surface area contributed by atoms with Gasteiger partial charge in [0.25, 0.3) is 0 Å². The van der Waals surface area contributed by atoms with E-state index in [-0.39, 0.29) is 0 Å². The highest BCUT2D eigenvalue weighted by Gasteiger charge is 2.14.